The van der Waals surface area contributed by atoms with Crippen LogP contribution in [0, 0.1) is 5.92 Å². The molecule has 1 atom stereocenters. The Hall–Kier alpha value is -2.36. The molecule has 4 nitrogen and oxygen atoms in total. The number of hydrogen-bond acceptors (Lipinski definition) is 3. The number of nitrogens with one attached hydrogen (secondary N) is 1. The van der Waals surface area contributed by atoms with Crippen LogP contribution in [0.15, 0.2) is 54.5 Å². The lowest BCUT2D eigenvalue weighted by Crippen LogP contribution is -2.19. The van der Waals surface area contributed by atoms with E-state index in [4.69, 9.17) is 4.74 Å². The number of nitrogens with zero attached hydrogens (tertiary/aromatic N) is 1. The van der Waals surface area contributed by atoms with Crippen LogP contribution in [0.25, 0.3) is 0 Å². The molecule has 4 heteroatoms. The van der Waals surface area contributed by atoms with Crippen LogP contribution >= 0.6 is 0 Å². The minimum Gasteiger partial charge on any atom is -0.458 e. The highest BCUT2D eigenvalue weighted by atomic mass is 16.5. The van der Waals surface area contributed by atoms with Gasteiger partial charge in [-0.3, -0.25) is 9.78 Å². The average molecular weight is 256 g/mol. The van der Waals surface area contributed by atoms with E-state index in [0.717, 1.165) is 5.76 Å². The van der Waals surface area contributed by atoms with Crippen molar-refractivity contribution in [2.45, 2.75) is 6.92 Å². The summed E-state index contributed by atoms with van der Waals surface area (Å²) in [7, 11) is 1.57. The molecule has 1 N–H and O–H groups in total. The van der Waals surface area contributed by atoms with Gasteiger partial charge < -0.3 is 10.1 Å². The van der Waals surface area contributed by atoms with Gasteiger partial charge in [0.25, 0.3) is 5.91 Å². The normalized spacial score (nSPS) is 17.6. The van der Waals surface area contributed by atoms with Crippen LogP contribution in [0.2, 0.25) is 0 Å². The Balaban J connectivity index is 2.17. The molecule has 0 spiro atoms. The Morgan fingerprint density at radius 3 is 3.05 bits per heavy atom. The third-order valence-corrected chi connectivity index (χ3v) is 2.64. The third kappa shape index (κ3) is 3.55. The second-order valence-electron chi connectivity index (χ2n) is 4.23. The van der Waals surface area contributed by atoms with Gasteiger partial charge in [-0.25, -0.2) is 0 Å². The van der Waals surface area contributed by atoms with Gasteiger partial charge in [0.1, 0.15) is 17.2 Å². The van der Waals surface area contributed by atoms with Gasteiger partial charge in [0, 0.05) is 19.3 Å². The summed E-state index contributed by atoms with van der Waals surface area (Å²) in [6, 6.07) is 3.35. The molecule has 19 heavy (non-hydrogen) atoms. The van der Waals surface area contributed by atoms with E-state index in [-0.39, 0.29) is 5.91 Å². The van der Waals surface area contributed by atoms with E-state index in [1.54, 1.807) is 25.4 Å². The number of hydrogen-bond donors (Lipinski definition) is 1. The van der Waals surface area contributed by atoms with Crippen molar-refractivity contribution < 1.29 is 9.53 Å². The zero-order valence-corrected chi connectivity index (χ0v) is 11.0. The van der Waals surface area contributed by atoms with Crippen molar-refractivity contribution in [1.29, 1.82) is 0 Å². The van der Waals surface area contributed by atoms with E-state index in [9.17, 15) is 4.79 Å². The molecule has 1 aliphatic rings. The zero-order chi connectivity index (χ0) is 13.7. The zero-order valence-electron chi connectivity index (χ0n) is 11.0. The van der Waals surface area contributed by atoms with Gasteiger partial charge in [-0.05, 0) is 24.1 Å². The highest BCUT2D eigenvalue weighted by Crippen LogP contribution is 2.18. The van der Waals surface area contributed by atoms with Crippen molar-refractivity contribution in [2.24, 2.45) is 5.92 Å². The Morgan fingerprint density at radius 2 is 2.26 bits per heavy atom. The van der Waals surface area contributed by atoms with Crippen LogP contribution in [-0.4, -0.2) is 17.9 Å². The lowest BCUT2D eigenvalue weighted by atomic mass is 10.1. The van der Waals surface area contributed by atoms with Gasteiger partial charge in [0.15, 0.2) is 0 Å². The van der Waals surface area contributed by atoms with Crippen molar-refractivity contribution in [1.82, 2.24) is 10.3 Å². The second kappa shape index (κ2) is 6.00. The van der Waals surface area contributed by atoms with E-state index >= 15 is 0 Å². The van der Waals surface area contributed by atoms with Crippen LogP contribution in [0.4, 0.5) is 0 Å². The fourth-order valence-corrected chi connectivity index (χ4v) is 1.69. The molecular formula is C15H16N2O2. The van der Waals surface area contributed by atoms with Gasteiger partial charge in [-0.15, -0.1) is 0 Å². The number of carbonyl (C=O) groups is 1. The molecule has 2 rings (SSSR count). The molecule has 0 bridgehead atoms. The monoisotopic (exact) mass is 256 g/mol. The molecule has 0 saturated heterocycles. The molecule has 1 amide bonds. The Bertz CT molecular complexity index is 559. The number of pyridine rings is 1. The maximum Gasteiger partial charge on any atom is 0.269 e. The minimum atomic E-state index is -0.231. The van der Waals surface area contributed by atoms with E-state index in [0.29, 0.717) is 17.4 Å². The van der Waals surface area contributed by atoms with Gasteiger partial charge >= 0.3 is 0 Å². The van der Waals surface area contributed by atoms with E-state index in [1.807, 2.05) is 24.3 Å². The number of amides is 1. The molecule has 1 heterocycles. The number of allylic oxidation sites excluding steroid dienone is 5. The molecule has 98 valence electrons. The molecule has 0 radical (unpaired) electrons. The van der Waals surface area contributed by atoms with Gasteiger partial charge in [0.05, 0.1) is 0 Å². The Morgan fingerprint density at radius 1 is 1.42 bits per heavy atom. The summed E-state index contributed by atoms with van der Waals surface area (Å²) >= 11 is 0. The predicted octanol–water partition coefficient (Wildman–Crippen LogP) is 2.47. The standard InChI is InChI=1S/C15H16N2O2/c1-11-5-3-4-6-12(9-11)19-13-7-8-17-14(10-13)15(18)16-2/h3-11H,1-2H3,(H,16,18). The van der Waals surface area contributed by atoms with Crippen LogP contribution in [0.3, 0.4) is 0 Å². The maximum atomic E-state index is 11.5. The quantitative estimate of drug-likeness (QED) is 0.903. The van der Waals surface area contributed by atoms with Crippen molar-refractivity contribution >= 4 is 5.91 Å². The topological polar surface area (TPSA) is 51.2 Å². The van der Waals surface area contributed by atoms with Crippen LogP contribution < -0.4 is 10.1 Å². The number of aromatic nitrogens is 1. The summed E-state index contributed by atoms with van der Waals surface area (Å²) in [4.78, 5) is 15.5. The van der Waals surface area contributed by atoms with E-state index in [1.165, 1.54) is 0 Å². The van der Waals surface area contributed by atoms with Crippen molar-refractivity contribution in [3.05, 3.63) is 60.2 Å². The molecule has 1 aromatic rings. The maximum absolute atomic E-state index is 11.5. The van der Waals surface area contributed by atoms with Crippen LogP contribution in [0.5, 0.6) is 5.75 Å². The number of rotatable bonds is 3. The second-order valence-corrected chi connectivity index (χ2v) is 4.23. The summed E-state index contributed by atoms with van der Waals surface area (Å²) in [5.41, 5.74) is 0.337. The molecule has 1 unspecified atom stereocenters. The first-order valence-corrected chi connectivity index (χ1v) is 6.11. The summed E-state index contributed by atoms with van der Waals surface area (Å²) in [6.07, 6.45) is 11.5. The van der Waals surface area contributed by atoms with Crippen LogP contribution in [-0.2, 0) is 0 Å². The first kappa shape index (κ1) is 13.1. The lowest BCUT2D eigenvalue weighted by Gasteiger charge is -2.08. The Labute approximate surface area is 112 Å². The largest absolute Gasteiger partial charge is 0.458 e. The van der Waals surface area contributed by atoms with Crippen molar-refractivity contribution in [2.75, 3.05) is 7.05 Å². The Kier molecular flexibility index (Phi) is 4.13. The first-order valence-electron chi connectivity index (χ1n) is 6.11. The van der Waals surface area contributed by atoms with Gasteiger partial charge in [-0.2, -0.15) is 0 Å². The molecule has 1 aromatic heterocycles. The SMILES string of the molecule is CNC(=O)c1cc(OC2=CC(C)C=CC=C2)ccn1. The van der Waals surface area contributed by atoms with Crippen LogP contribution in [0.1, 0.15) is 17.4 Å². The molecular weight excluding hydrogens is 240 g/mol. The predicted molar refractivity (Wildman–Crippen MR) is 73.8 cm³/mol. The summed E-state index contributed by atoms with van der Waals surface area (Å²) in [6.45, 7) is 2.08. The van der Waals surface area contributed by atoms with Crippen molar-refractivity contribution in [3.8, 4) is 5.75 Å². The van der Waals surface area contributed by atoms with E-state index < -0.39 is 0 Å². The first-order chi connectivity index (χ1) is 9.19. The number of carbonyl (C=O) groups excluding carboxylic acids is 1. The van der Waals surface area contributed by atoms with Crippen molar-refractivity contribution in [3.63, 3.8) is 0 Å². The summed E-state index contributed by atoms with van der Waals surface area (Å²) < 4.78 is 5.76. The lowest BCUT2D eigenvalue weighted by molar-refractivity contribution is 0.0958. The summed E-state index contributed by atoms with van der Waals surface area (Å²) in [5, 5.41) is 2.53. The fraction of sp³-hybridized carbons (Fsp3) is 0.200. The molecule has 0 fully saturated rings. The van der Waals surface area contributed by atoms with E-state index in [2.05, 4.69) is 23.3 Å². The molecule has 0 aliphatic heterocycles. The highest BCUT2D eigenvalue weighted by Gasteiger charge is 2.07. The average Bonchev–Trinajstić information content (AvgIpc) is 2.62. The van der Waals surface area contributed by atoms with Gasteiger partial charge in [-0.1, -0.05) is 25.2 Å². The third-order valence-electron chi connectivity index (χ3n) is 2.64. The number of ether oxygens (including phenoxy) is 1. The fourth-order valence-electron chi connectivity index (χ4n) is 1.69. The summed E-state index contributed by atoms with van der Waals surface area (Å²) in [5.74, 6) is 1.43. The minimum absolute atomic E-state index is 0.231. The van der Waals surface area contributed by atoms with Gasteiger partial charge in [0.2, 0.25) is 0 Å². The molecule has 0 saturated carbocycles. The molecule has 0 aromatic carbocycles. The molecule has 1 aliphatic carbocycles. The highest BCUT2D eigenvalue weighted by molar-refractivity contribution is 5.92. The smallest absolute Gasteiger partial charge is 0.269 e.